The normalized spacial score (nSPS) is 12.5. The van der Waals surface area contributed by atoms with Crippen molar-refractivity contribution in [3.63, 3.8) is 0 Å². The quantitative estimate of drug-likeness (QED) is 0.527. The molecule has 1 heterocycles. The van der Waals surface area contributed by atoms with E-state index in [1.165, 1.54) is 19.1 Å². The molecule has 0 aliphatic carbocycles. The van der Waals surface area contributed by atoms with Crippen LogP contribution in [0, 0.1) is 0 Å². The van der Waals surface area contributed by atoms with E-state index in [1.807, 2.05) is 0 Å². The molecule has 1 aromatic carbocycles. The summed E-state index contributed by atoms with van der Waals surface area (Å²) in [5.41, 5.74) is -0.852. The molecular formula is C17H19NO6. The van der Waals surface area contributed by atoms with Crippen molar-refractivity contribution in [3.05, 3.63) is 40.8 Å². The lowest BCUT2D eigenvalue weighted by Crippen LogP contribution is -2.43. The van der Waals surface area contributed by atoms with Crippen molar-refractivity contribution in [1.82, 2.24) is 5.32 Å². The third kappa shape index (κ3) is 4.84. The molecule has 7 nitrogen and oxygen atoms in total. The Bertz CT molecular complexity index is 818. The monoisotopic (exact) mass is 333 g/mol. The number of hydrogen-bond donors (Lipinski definition) is 1. The minimum atomic E-state index is -0.904. The van der Waals surface area contributed by atoms with Gasteiger partial charge < -0.3 is 19.2 Å². The van der Waals surface area contributed by atoms with Gasteiger partial charge in [0.15, 0.2) is 0 Å². The summed E-state index contributed by atoms with van der Waals surface area (Å²) in [6, 6.07) is 6.68. The predicted octanol–water partition coefficient (Wildman–Crippen LogP) is 2.61. The highest BCUT2D eigenvalue weighted by atomic mass is 16.6. The first kappa shape index (κ1) is 17.5. The lowest BCUT2D eigenvalue weighted by molar-refractivity contribution is -0.136. The van der Waals surface area contributed by atoms with E-state index < -0.39 is 29.3 Å². The Labute approximate surface area is 138 Å². The van der Waals surface area contributed by atoms with Gasteiger partial charge in [0.05, 0.1) is 0 Å². The van der Waals surface area contributed by atoms with Gasteiger partial charge in [0, 0.05) is 17.5 Å². The Morgan fingerprint density at radius 1 is 1.17 bits per heavy atom. The Balaban J connectivity index is 2.03. The second kappa shape index (κ2) is 6.74. The summed E-state index contributed by atoms with van der Waals surface area (Å²) in [4.78, 5) is 34.9. The predicted molar refractivity (Wildman–Crippen MR) is 87.0 cm³/mol. The summed E-state index contributed by atoms with van der Waals surface area (Å²) in [6.45, 7) is 6.64. The molecule has 0 bridgehead atoms. The first-order valence-corrected chi connectivity index (χ1v) is 7.39. The number of nitrogens with one attached hydrogen (secondary N) is 1. The van der Waals surface area contributed by atoms with Crippen LogP contribution in [0.25, 0.3) is 11.0 Å². The van der Waals surface area contributed by atoms with Gasteiger partial charge in [-0.05, 0) is 45.9 Å². The van der Waals surface area contributed by atoms with E-state index >= 15 is 0 Å². The van der Waals surface area contributed by atoms with Gasteiger partial charge in [-0.3, -0.25) is 0 Å². The van der Waals surface area contributed by atoms with Gasteiger partial charge in [-0.2, -0.15) is 0 Å². The molecule has 1 atom stereocenters. The largest absolute Gasteiger partial charge is 0.444 e. The lowest BCUT2D eigenvalue weighted by Gasteiger charge is -2.21. The topological polar surface area (TPSA) is 94.8 Å². The zero-order chi connectivity index (χ0) is 17.9. The van der Waals surface area contributed by atoms with E-state index in [-0.39, 0.29) is 5.75 Å². The summed E-state index contributed by atoms with van der Waals surface area (Å²) in [7, 11) is 0. The second-order valence-corrected chi connectivity index (χ2v) is 6.24. The zero-order valence-corrected chi connectivity index (χ0v) is 13.9. The molecule has 128 valence electrons. The van der Waals surface area contributed by atoms with Crippen LogP contribution < -0.4 is 15.7 Å². The van der Waals surface area contributed by atoms with E-state index in [0.29, 0.717) is 11.0 Å². The molecule has 0 aliphatic rings. The van der Waals surface area contributed by atoms with Gasteiger partial charge in [-0.25, -0.2) is 14.4 Å². The number of hydrogen-bond acceptors (Lipinski definition) is 6. The minimum Gasteiger partial charge on any atom is -0.444 e. The Kier molecular flexibility index (Phi) is 4.92. The molecule has 0 fully saturated rings. The molecule has 0 aliphatic heterocycles. The van der Waals surface area contributed by atoms with E-state index in [2.05, 4.69) is 5.32 Å². The van der Waals surface area contributed by atoms with Crippen LogP contribution in [0.5, 0.6) is 5.75 Å². The summed E-state index contributed by atoms with van der Waals surface area (Å²) < 4.78 is 15.3. The van der Waals surface area contributed by atoms with Crippen molar-refractivity contribution in [2.45, 2.75) is 39.3 Å². The van der Waals surface area contributed by atoms with Crippen LogP contribution in [0.2, 0.25) is 0 Å². The molecule has 24 heavy (non-hydrogen) atoms. The third-order valence-corrected chi connectivity index (χ3v) is 2.90. The fourth-order valence-electron chi connectivity index (χ4n) is 1.85. The molecule has 0 saturated carbocycles. The molecule has 0 saturated heterocycles. The number of amides is 1. The first-order valence-electron chi connectivity index (χ1n) is 7.39. The number of alkyl carbamates (subject to hydrolysis) is 1. The van der Waals surface area contributed by atoms with Crippen molar-refractivity contribution < 1.29 is 23.5 Å². The van der Waals surface area contributed by atoms with Gasteiger partial charge >= 0.3 is 17.7 Å². The van der Waals surface area contributed by atoms with Gasteiger partial charge in [-0.1, -0.05) is 0 Å². The van der Waals surface area contributed by atoms with Gasteiger partial charge in [-0.15, -0.1) is 0 Å². The Morgan fingerprint density at radius 3 is 2.50 bits per heavy atom. The molecule has 7 heteroatoms. The van der Waals surface area contributed by atoms with E-state index in [0.717, 1.165) is 0 Å². The molecule has 1 amide bonds. The molecule has 1 aromatic heterocycles. The zero-order valence-electron chi connectivity index (χ0n) is 13.9. The van der Waals surface area contributed by atoms with Crippen LogP contribution in [0.15, 0.2) is 39.5 Å². The van der Waals surface area contributed by atoms with Crippen molar-refractivity contribution >= 4 is 23.0 Å². The lowest BCUT2D eigenvalue weighted by atomic mass is 10.2. The van der Waals surface area contributed by atoms with Crippen LogP contribution >= 0.6 is 0 Å². The van der Waals surface area contributed by atoms with Gasteiger partial charge in [0.2, 0.25) is 0 Å². The number of rotatable bonds is 3. The van der Waals surface area contributed by atoms with Crippen molar-refractivity contribution in [2.24, 2.45) is 0 Å². The molecule has 0 spiro atoms. The Morgan fingerprint density at radius 2 is 1.83 bits per heavy atom. The maximum Gasteiger partial charge on any atom is 0.408 e. The maximum atomic E-state index is 12.0. The fraction of sp³-hybridized carbons (Fsp3) is 0.353. The third-order valence-electron chi connectivity index (χ3n) is 2.90. The number of carbonyl (C=O) groups is 2. The number of fused-ring (bicyclic) bond motifs is 1. The smallest absolute Gasteiger partial charge is 0.408 e. The highest BCUT2D eigenvalue weighted by molar-refractivity contribution is 5.84. The average Bonchev–Trinajstić information content (AvgIpc) is 2.44. The van der Waals surface area contributed by atoms with E-state index in [1.54, 1.807) is 39.0 Å². The van der Waals surface area contributed by atoms with Crippen molar-refractivity contribution in [2.75, 3.05) is 0 Å². The summed E-state index contributed by atoms with van der Waals surface area (Å²) in [5.74, 6) is -0.460. The minimum absolute atomic E-state index is 0.208. The molecule has 2 aromatic rings. The fourth-order valence-corrected chi connectivity index (χ4v) is 1.85. The molecular weight excluding hydrogens is 314 g/mol. The Hall–Kier alpha value is -2.83. The summed E-state index contributed by atoms with van der Waals surface area (Å²) in [5, 5.41) is 3.10. The summed E-state index contributed by atoms with van der Waals surface area (Å²) in [6.07, 6.45) is -0.712. The van der Waals surface area contributed by atoms with Crippen LogP contribution in [-0.4, -0.2) is 23.7 Å². The van der Waals surface area contributed by atoms with Crippen molar-refractivity contribution in [1.29, 1.82) is 0 Å². The second-order valence-electron chi connectivity index (χ2n) is 6.24. The van der Waals surface area contributed by atoms with Crippen LogP contribution in [0.1, 0.15) is 27.7 Å². The van der Waals surface area contributed by atoms with E-state index in [4.69, 9.17) is 13.9 Å². The highest BCUT2D eigenvalue weighted by Crippen LogP contribution is 2.19. The SMILES string of the molecule is CC(NC(=O)OC(C)(C)C)C(=O)Oc1ccc2ccc(=O)oc2c1. The average molecular weight is 333 g/mol. The number of carbonyl (C=O) groups excluding carboxylic acids is 2. The van der Waals surface area contributed by atoms with Gasteiger partial charge in [0.25, 0.3) is 0 Å². The van der Waals surface area contributed by atoms with Crippen LogP contribution in [0.4, 0.5) is 4.79 Å². The van der Waals surface area contributed by atoms with E-state index in [9.17, 15) is 14.4 Å². The molecule has 1 N–H and O–H groups in total. The summed E-state index contributed by atoms with van der Waals surface area (Å²) >= 11 is 0. The maximum absolute atomic E-state index is 12.0. The van der Waals surface area contributed by atoms with Crippen molar-refractivity contribution in [3.8, 4) is 5.75 Å². The number of esters is 1. The van der Waals surface area contributed by atoms with Crippen LogP contribution in [-0.2, 0) is 9.53 Å². The number of ether oxygens (including phenoxy) is 2. The molecule has 1 unspecified atom stereocenters. The van der Waals surface area contributed by atoms with Gasteiger partial charge in [0.1, 0.15) is 23.0 Å². The number of benzene rings is 1. The van der Waals surface area contributed by atoms with Crippen LogP contribution in [0.3, 0.4) is 0 Å². The first-order chi connectivity index (χ1) is 11.1. The highest BCUT2D eigenvalue weighted by Gasteiger charge is 2.22. The molecule has 0 radical (unpaired) electrons. The standard InChI is InChI=1S/C17H19NO6/c1-10(18-16(21)24-17(2,3)4)15(20)22-12-7-5-11-6-8-14(19)23-13(11)9-12/h5-10H,1-4H3,(H,18,21). The molecule has 2 rings (SSSR count).